The van der Waals surface area contributed by atoms with Crippen LogP contribution in [0.3, 0.4) is 0 Å². The Kier molecular flexibility index (Phi) is 8.29. The van der Waals surface area contributed by atoms with E-state index < -0.39 is 0 Å². The van der Waals surface area contributed by atoms with Crippen molar-refractivity contribution in [3.8, 4) is 0 Å². The van der Waals surface area contributed by atoms with E-state index in [-0.39, 0.29) is 35.4 Å². The van der Waals surface area contributed by atoms with Crippen LogP contribution in [0.25, 0.3) is 0 Å². The molecule has 0 N–H and O–H groups in total. The zero-order chi connectivity index (χ0) is 22.3. The lowest BCUT2D eigenvalue weighted by Crippen LogP contribution is -2.52. The third-order valence-electron chi connectivity index (χ3n) is 5.75. The van der Waals surface area contributed by atoms with E-state index in [1.165, 1.54) is 30.3 Å². The maximum Gasteiger partial charge on any atom is 0.306 e. The first kappa shape index (κ1) is 23.7. The van der Waals surface area contributed by atoms with Crippen molar-refractivity contribution < 1.29 is 19.1 Å². The molecule has 1 aromatic rings. The molecule has 3 rings (SSSR count). The Balaban J connectivity index is 0.000000274. The molecule has 7 nitrogen and oxygen atoms in total. The molecule has 164 valence electrons. The molecule has 7 heteroatoms. The molecule has 0 radical (unpaired) electrons. The predicted molar refractivity (Wildman–Crippen MR) is 116 cm³/mol. The summed E-state index contributed by atoms with van der Waals surface area (Å²) in [5.41, 5.74) is 2.43. The van der Waals surface area contributed by atoms with Crippen molar-refractivity contribution in [1.82, 2.24) is 9.91 Å². The molecule has 1 aromatic carbocycles. The van der Waals surface area contributed by atoms with Gasteiger partial charge in [0.2, 0.25) is 5.91 Å². The van der Waals surface area contributed by atoms with Crippen LogP contribution in [0.2, 0.25) is 0 Å². The van der Waals surface area contributed by atoms with Crippen LogP contribution >= 0.6 is 0 Å². The van der Waals surface area contributed by atoms with E-state index in [2.05, 4.69) is 45.9 Å². The van der Waals surface area contributed by atoms with Gasteiger partial charge < -0.3 is 4.74 Å². The lowest BCUT2D eigenvalue weighted by molar-refractivity contribution is -0.143. The number of fused-ring (bicyclic) bond motifs is 1. The van der Waals surface area contributed by atoms with E-state index in [1.54, 1.807) is 14.0 Å². The number of benzene rings is 1. The topological polar surface area (TPSA) is 79.3 Å². The van der Waals surface area contributed by atoms with Crippen LogP contribution < -0.4 is 0 Å². The van der Waals surface area contributed by atoms with Gasteiger partial charge in [-0.3, -0.25) is 19.3 Å². The van der Waals surface area contributed by atoms with Crippen molar-refractivity contribution in [3.63, 3.8) is 0 Å². The van der Waals surface area contributed by atoms with Crippen LogP contribution in [0.4, 0.5) is 0 Å². The molecule has 2 aliphatic heterocycles. The second kappa shape index (κ2) is 10.5. The van der Waals surface area contributed by atoms with Crippen LogP contribution in [0.1, 0.15) is 45.6 Å². The van der Waals surface area contributed by atoms with E-state index in [9.17, 15) is 14.4 Å². The normalized spacial score (nSPS) is 22.2. The summed E-state index contributed by atoms with van der Waals surface area (Å²) >= 11 is 0. The Bertz CT molecular complexity index is 793. The highest BCUT2D eigenvalue weighted by molar-refractivity contribution is 5.98. The van der Waals surface area contributed by atoms with Gasteiger partial charge in [0, 0.05) is 56.6 Å². The summed E-state index contributed by atoms with van der Waals surface area (Å²) in [5.74, 6) is -0.404. The van der Waals surface area contributed by atoms with Gasteiger partial charge in [0.25, 0.3) is 0 Å². The molecule has 1 amide bonds. The quantitative estimate of drug-likeness (QED) is 0.691. The van der Waals surface area contributed by atoms with E-state index >= 15 is 0 Å². The van der Waals surface area contributed by atoms with Gasteiger partial charge in [0.05, 0.1) is 13.5 Å². The first-order valence-corrected chi connectivity index (χ1v) is 10.3. The molecule has 2 atom stereocenters. The maximum absolute atomic E-state index is 11.9. The molecular formula is C23H33N3O4. The van der Waals surface area contributed by atoms with Crippen LogP contribution in [0, 0.1) is 11.3 Å². The van der Waals surface area contributed by atoms with Crippen molar-refractivity contribution in [3.05, 3.63) is 35.9 Å². The summed E-state index contributed by atoms with van der Waals surface area (Å²) < 4.78 is 4.38. The summed E-state index contributed by atoms with van der Waals surface area (Å²) in [4.78, 5) is 35.5. The summed E-state index contributed by atoms with van der Waals surface area (Å²) in [6.07, 6.45) is 1.72. The van der Waals surface area contributed by atoms with Crippen LogP contribution in [-0.4, -0.2) is 60.5 Å². The minimum Gasteiger partial charge on any atom is -0.469 e. The number of esters is 1. The second-order valence-electron chi connectivity index (χ2n) is 8.44. The molecule has 0 saturated carbocycles. The zero-order valence-electron chi connectivity index (χ0n) is 18.7. The number of hydrazone groups is 1. The summed E-state index contributed by atoms with van der Waals surface area (Å²) in [7, 11) is 3.07. The number of likely N-dealkylation sites (tertiary alicyclic amines) is 1. The van der Waals surface area contributed by atoms with Crippen molar-refractivity contribution in [2.75, 3.05) is 27.2 Å². The molecule has 1 saturated heterocycles. The van der Waals surface area contributed by atoms with E-state index in [1.807, 2.05) is 6.07 Å². The smallest absolute Gasteiger partial charge is 0.306 e. The van der Waals surface area contributed by atoms with Crippen molar-refractivity contribution in [2.45, 2.75) is 46.6 Å². The van der Waals surface area contributed by atoms with Gasteiger partial charge in [0.15, 0.2) is 0 Å². The highest BCUT2D eigenvalue weighted by atomic mass is 16.5. The van der Waals surface area contributed by atoms with E-state index in [0.717, 1.165) is 26.1 Å². The Morgan fingerprint density at radius 3 is 2.53 bits per heavy atom. The van der Waals surface area contributed by atoms with E-state index in [4.69, 9.17) is 0 Å². The first-order chi connectivity index (χ1) is 14.1. The van der Waals surface area contributed by atoms with Crippen LogP contribution in [0.5, 0.6) is 0 Å². The molecule has 2 aliphatic rings. The van der Waals surface area contributed by atoms with Crippen LogP contribution in [-0.2, 0) is 25.7 Å². The third-order valence-corrected chi connectivity index (χ3v) is 5.75. The molecule has 30 heavy (non-hydrogen) atoms. The average Bonchev–Trinajstić information content (AvgIpc) is 2.70. The number of amides is 1. The third kappa shape index (κ3) is 6.49. The van der Waals surface area contributed by atoms with Crippen molar-refractivity contribution in [2.24, 2.45) is 16.4 Å². The molecule has 2 heterocycles. The molecular weight excluding hydrogens is 382 g/mol. The van der Waals surface area contributed by atoms with Gasteiger partial charge in [-0.25, -0.2) is 5.01 Å². The predicted octanol–water partition coefficient (Wildman–Crippen LogP) is 2.89. The van der Waals surface area contributed by atoms with Gasteiger partial charge in [-0.2, -0.15) is 5.10 Å². The fraction of sp³-hybridized carbons (Fsp3) is 0.565. The lowest BCUT2D eigenvalue weighted by Gasteiger charge is -2.44. The van der Waals surface area contributed by atoms with Gasteiger partial charge in [-0.15, -0.1) is 0 Å². The number of hydrogen-bond acceptors (Lipinski definition) is 6. The average molecular weight is 416 g/mol. The Hall–Kier alpha value is -2.54. The zero-order valence-corrected chi connectivity index (χ0v) is 18.7. The number of ether oxygens (including phenoxy) is 1. The summed E-state index contributed by atoms with van der Waals surface area (Å²) in [5, 5.41) is 5.98. The van der Waals surface area contributed by atoms with Crippen LogP contribution in [0.15, 0.2) is 35.4 Å². The number of hydrogen-bond donors (Lipinski definition) is 0. The standard InChI is InChI=1S/C16H21N3O.C7H12O3/c1-16-10-15(20)18(2)17-14(16)8-9-19(12-16)11-13-6-4-3-5-7-13;1-5(6(2)8)4-7(9)10-3/h3-7H,8-12H2,1-2H3;5H,4H2,1-3H3. The summed E-state index contributed by atoms with van der Waals surface area (Å²) in [6.45, 7) is 8.24. The number of Topliss-reactive ketones (excluding diaryl/α,β-unsaturated/α-hetero) is 1. The number of carbonyl (C=O) groups excluding carboxylic acids is 3. The number of carbonyl (C=O) groups is 3. The van der Waals surface area contributed by atoms with E-state index in [0.29, 0.717) is 6.42 Å². The first-order valence-electron chi connectivity index (χ1n) is 10.3. The SMILES string of the molecule is CN1N=C2CCN(Cc3ccccc3)CC2(C)CC1=O.COC(=O)CC(C)C(C)=O. The largest absolute Gasteiger partial charge is 0.469 e. The molecule has 1 fully saturated rings. The second-order valence-corrected chi connectivity index (χ2v) is 8.44. The Morgan fingerprint density at radius 2 is 1.93 bits per heavy atom. The number of rotatable bonds is 5. The minimum absolute atomic E-state index is 0.0189. The fourth-order valence-corrected chi connectivity index (χ4v) is 3.70. The maximum atomic E-state index is 11.9. The highest BCUT2D eigenvalue weighted by Gasteiger charge is 2.42. The van der Waals surface area contributed by atoms with Gasteiger partial charge in [0.1, 0.15) is 5.78 Å². The summed E-state index contributed by atoms with van der Waals surface area (Å²) in [6, 6.07) is 10.5. The number of methoxy groups -OCH3 is 1. The molecule has 0 aliphatic carbocycles. The lowest BCUT2D eigenvalue weighted by atomic mass is 9.76. The van der Waals surface area contributed by atoms with Crippen molar-refractivity contribution >= 4 is 23.4 Å². The van der Waals surface area contributed by atoms with Crippen molar-refractivity contribution in [1.29, 1.82) is 0 Å². The Labute approximate surface area is 179 Å². The fourth-order valence-electron chi connectivity index (χ4n) is 3.70. The highest BCUT2D eigenvalue weighted by Crippen LogP contribution is 2.35. The molecule has 0 bridgehead atoms. The monoisotopic (exact) mass is 415 g/mol. The van der Waals surface area contributed by atoms with Gasteiger partial charge in [-0.1, -0.05) is 44.2 Å². The minimum atomic E-state index is -0.331. The molecule has 0 aromatic heterocycles. The van der Waals surface area contributed by atoms with Gasteiger partial charge in [-0.05, 0) is 12.5 Å². The van der Waals surface area contributed by atoms with Gasteiger partial charge >= 0.3 is 5.97 Å². The molecule has 0 spiro atoms. The number of piperidine rings is 1. The number of nitrogens with zero attached hydrogens (tertiary/aromatic N) is 3. The molecule has 2 unspecified atom stereocenters. The number of ketones is 1. The Morgan fingerprint density at radius 1 is 1.27 bits per heavy atom.